The van der Waals surface area contributed by atoms with E-state index in [0.29, 0.717) is 13.0 Å². The van der Waals surface area contributed by atoms with Crippen LogP contribution in [0, 0.1) is 5.82 Å². The SMILES string of the molecule is CN(C(=O)Cn1cc(C(=O)O)nn1)C1CCN(c2ccccc2F)C1=O. The topological polar surface area (TPSA) is 109 Å². The lowest BCUT2D eigenvalue weighted by Crippen LogP contribution is -2.44. The van der Waals surface area contributed by atoms with Crippen molar-refractivity contribution in [1.29, 1.82) is 0 Å². The molecule has 1 N–H and O–H groups in total. The van der Waals surface area contributed by atoms with Crippen LogP contribution in [0.3, 0.4) is 0 Å². The summed E-state index contributed by atoms with van der Waals surface area (Å²) in [5.41, 5.74) is -0.0913. The highest BCUT2D eigenvalue weighted by molar-refractivity contribution is 6.01. The molecule has 1 aliphatic heterocycles. The lowest BCUT2D eigenvalue weighted by molar-refractivity contribution is -0.137. The molecule has 2 aromatic rings. The fraction of sp³-hybridized carbons (Fsp3) is 0.312. The van der Waals surface area contributed by atoms with Gasteiger partial charge in [0.05, 0.1) is 11.9 Å². The first-order valence-electron chi connectivity index (χ1n) is 7.83. The van der Waals surface area contributed by atoms with Crippen LogP contribution in [-0.2, 0) is 16.1 Å². The van der Waals surface area contributed by atoms with Gasteiger partial charge in [0, 0.05) is 13.6 Å². The van der Waals surface area contributed by atoms with Gasteiger partial charge in [0.1, 0.15) is 18.4 Å². The molecular formula is C16H16FN5O4. The summed E-state index contributed by atoms with van der Waals surface area (Å²) in [6.45, 7) is 0.0504. The zero-order chi connectivity index (χ0) is 18.8. The smallest absolute Gasteiger partial charge is 0.358 e. The summed E-state index contributed by atoms with van der Waals surface area (Å²) in [6.07, 6.45) is 1.50. The highest BCUT2D eigenvalue weighted by Gasteiger charge is 2.38. The van der Waals surface area contributed by atoms with Crippen molar-refractivity contribution in [1.82, 2.24) is 19.9 Å². The zero-order valence-corrected chi connectivity index (χ0v) is 13.9. The Hall–Kier alpha value is -3.30. The molecule has 0 bridgehead atoms. The maximum Gasteiger partial charge on any atom is 0.358 e. The lowest BCUT2D eigenvalue weighted by Gasteiger charge is -2.24. The van der Waals surface area contributed by atoms with Crippen LogP contribution in [0.1, 0.15) is 16.9 Å². The second-order valence-corrected chi connectivity index (χ2v) is 5.86. The van der Waals surface area contributed by atoms with Gasteiger partial charge in [0.15, 0.2) is 5.69 Å². The Bertz CT molecular complexity index is 868. The van der Waals surface area contributed by atoms with Crippen molar-refractivity contribution in [3.8, 4) is 0 Å². The Morgan fingerprint density at radius 2 is 2.12 bits per heavy atom. The summed E-state index contributed by atoms with van der Waals surface area (Å²) in [4.78, 5) is 38.4. The lowest BCUT2D eigenvalue weighted by atomic mass is 10.2. The third-order valence-electron chi connectivity index (χ3n) is 4.24. The molecule has 1 saturated heterocycles. The van der Waals surface area contributed by atoms with Crippen LogP contribution in [0.5, 0.6) is 0 Å². The summed E-state index contributed by atoms with van der Waals surface area (Å²) in [5, 5.41) is 15.8. The number of anilines is 1. The predicted octanol–water partition coefficient (Wildman–Crippen LogP) is 0.379. The number of hydrogen-bond donors (Lipinski definition) is 1. The Balaban J connectivity index is 1.68. The number of carboxylic acids is 1. The molecule has 0 saturated carbocycles. The number of aromatic carboxylic acids is 1. The predicted molar refractivity (Wildman–Crippen MR) is 86.9 cm³/mol. The van der Waals surface area contributed by atoms with E-state index in [4.69, 9.17) is 5.11 Å². The van der Waals surface area contributed by atoms with E-state index in [9.17, 15) is 18.8 Å². The average molecular weight is 361 g/mol. The van der Waals surface area contributed by atoms with Gasteiger partial charge in [-0.3, -0.25) is 9.59 Å². The summed E-state index contributed by atoms with van der Waals surface area (Å²) >= 11 is 0. The van der Waals surface area contributed by atoms with E-state index in [1.54, 1.807) is 6.07 Å². The van der Waals surface area contributed by atoms with Crippen LogP contribution >= 0.6 is 0 Å². The van der Waals surface area contributed by atoms with E-state index in [0.717, 1.165) is 10.9 Å². The fourth-order valence-corrected chi connectivity index (χ4v) is 2.83. The van der Waals surface area contributed by atoms with Crippen LogP contribution in [0.4, 0.5) is 10.1 Å². The standard InChI is InChI=1S/C16H16FN5O4/c1-20(14(23)9-21-8-11(16(25)26)18-19-21)13-6-7-22(15(13)24)12-5-3-2-4-10(12)17/h2-5,8,13H,6-7,9H2,1H3,(H,25,26). The summed E-state index contributed by atoms with van der Waals surface area (Å²) < 4.78 is 15.0. The molecule has 1 unspecified atom stereocenters. The molecule has 0 radical (unpaired) electrons. The molecule has 0 spiro atoms. The molecule has 1 aliphatic rings. The van der Waals surface area contributed by atoms with Gasteiger partial charge in [-0.05, 0) is 18.6 Å². The molecule has 10 heteroatoms. The average Bonchev–Trinajstić information content (AvgIpc) is 3.22. The van der Waals surface area contributed by atoms with Crippen molar-refractivity contribution in [2.24, 2.45) is 0 Å². The molecule has 3 rings (SSSR count). The number of hydrogen-bond acceptors (Lipinski definition) is 5. The van der Waals surface area contributed by atoms with Crippen LogP contribution in [-0.4, -0.2) is 62.4 Å². The van der Waals surface area contributed by atoms with Crippen molar-refractivity contribution in [2.75, 3.05) is 18.5 Å². The number of carbonyl (C=O) groups excluding carboxylic acids is 2. The largest absolute Gasteiger partial charge is 0.476 e. The molecule has 136 valence electrons. The zero-order valence-electron chi connectivity index (χ0n) is 13.9. The minimum absolute atomic E-state index is 0.184. The Labute approximate surface area is 147 Å². The van der Waals surface area contributed by atoms with Crippen molar-refractivity contribution in [3.05, 3.63) is 42.0 Å². The van der Waals surface area contributed by atoms with Gasteiger partial charge in [-0.1, -0.05) is 17.3 Å². The molecule has 2 heterocycles. The van der Waals surface area contributed by atoms with Gasteiger partial charge in [-0.2, -0.15) is 0 Å². The first-order chi connectivity index (χ1) is 12.4. The minimum atomic E-state index is -1.25. The highest BCUT2D eigenvalue weighted by atomic mass is 19.1. The molecule has 1 atom stereocenters. The van der Waals surface area contributed by atoms with Gasteiger partial charge >= 0.3 is 5.97 Å². The Morgan fingerprint density at radius 1 is 1.38 bits per heavy atom. The Morgan fingerprint density at radius 3 is 2.77 bits per heavy atom. The van der Waals surface area contributed by atoms with E-state index < -0.39 is 23.7 Å². The second-order valence-electron chi connectivity index (χ2n) is 5.86. The van der Waals surface area contributed by atoms with Crippen molar-refractivity contribution in [3.63, 3.8) is 0 Å². The quantitative estimate of drug-likeness (QED) is 0.825. The number of para-hydroxylation sites is 1. The van der Waals surface area contributed by atoms with Gasteiger partial charge in [-0.25, -0.2) is 13.9 Å². The van der Waals surface area contributed by atoms with Gasteiger partial charge in [0.2, 0.25) is 11.8 Å². The summed E-state index contributed by atoms with van der Waals surface area (Å²) in [5.74, 6) is -2.54. The first-order valence-corrected chi connectivity index (χ1v) is 7.83. The van der Waals surface area contributed by atoms with E-state index in [2.05, 4.69) is 10.3 Å². The third kappa shape index (κ3) is 3.25. The number of carboxylic acid groups (broad SMARTS) is 1. The highest BCUT2D eigenvalue weighted by Crippen LogP contribution is 2.26. The van der Waals surface area contributed by atoms with E-state index in [-0.39, 0.29) is 23.8 Å². The molecule has 26 heavy (non-hydrogen) atoms. The van der Waals surface area contributed by atoms with Gasteiger partial charge in [-0.15, -0.1) is 5.10 Å². The molecule has 2 amide bonds. The number of likely N-dealkylation sites (N-methyl/N-ethyl adjacent to an activating group) is 1. The maximum absolute atomic E-state index is 13.9. The van der Waals surface area contributed by atoms with Crippen molar-refractivity contribution < 1.29 is 23.9 Å². The summed E-state index contributed by atoms with van der Waals surface area (Å²) in [6, 6.07) is 5.24. The number of rotatable bonds is 5. The normalized spacial score (nSPS) is 16.8. The number of nitrogens with zero attached hydrogens (tertiary/aromatic N) is 5. The molecule has 0 aliphatic carbocycles. The number of carbonyl (C=O) groups is 3. The van der Waals surface area contributed by atoms with Crippen molar-refractivity contribution >= 4 is 23.5 Å². The monoisotopic (exact) mass is 361 g/mol. The molecular weight excluding hydrogens is 345 g/mol. The number of aromatic nitrogens is 3. The molecule has 1 aromatic heterocycles. The number of amides is 2. The molecule has 1 fully saturated rings. The van der Waals surface area contributed by atoms with Crippen LogP contribution in [0.25, 0.3) is 0 Å². The molecule has 1 aromatic carbocycles. The van der Waals surface area contributed by atoms with Crippen LogP contribution in [0.15, 0.2) is 30.5 Å². The molecule has 9 nitrogen and oxygen atoms in total. The van der Waals surface area contributed by atoms with Gasteiger partial charge in [0.25, 0.3) is 0 Å². The van der Waals surface area contributed by atoms with E-state index in [1.165, 1.54) is 35.0 Å². The summed E-state index contributed by atoms with van der Waals surface area (Å²) in [7, 11) is 1.48. The first kappa shape index (κ1) is 17.5. The van der Waals surface area contributed by atoms with Crippen molar-refractivity contribution in [2.45, 2.75) is 19.0 Å². The van der Waals surface area contributed by atoms with Gasteiger partial charge < -0.3 is 14.9 Å². The maximum atomic E-state index is 13.9. The minimum Gasteiger partial charge on any atom is -0.476 e. The van der Waals surface area contributed by atoms with Crippen LogP contribution < -0.4 is 4.90 Å². The fourth-order valence-electron chi connectivity index (χ4n) is 2.83. The second kappa shape index (κ2) is 6.90. The van der Waals surface area contributed by atoms with E-state index >= 15 is 0 Å². The Kier molecular flexibility index (Phi) is 4.65. The number of benzene rings is 1. The van der Waals surface area contributed by atoms with E-state index in [1.807, 2.05) is 0 Å². The third-order valence-corrected chi connectivity index (χ3v) is 4.24. The van der Waals surface area contributed by atoms with Crippen LogP contribution in [0.2, 0.25) is 0 Å². The number of halogens is 1.